The summed E-state index contributed by atoms with van der Waals surface area (Å²) in [5.74, 6) is -0.585. The van der Waals surface area contributed by atoms with E-state index in [0.29, 0.717) is 16.5 Å². The number of carbonyl (C=O) groups is 1. The van der Waals surface area contributed by atoms with Crippen LogP contribution < -0.4 is 10.5 Å². The summed E-state index contributed by atoms with van der Waals surface area (Å²) < 4.78 is 6.33. The molecule has 0 radical (unpaired) electrons. The summed E-state index contributed by atoms with van der Waals surface area (Å²) in [6.45, 7) is 0. The van der Waals surface area contributed by atoms with E-state index in [-0.39, 0.29) is 11.3 Å². The Kier molecular flexibility index (Phi) is 3.97. The number of hydrogen-bond donors (Lipinski definition) is 2. The Morgan fingerprint density at radius 3 is 2.58 bits per heavy atom. The first-order chi connectivity index (χ1) is 8.97. The summed E-state index contributed by atoms with van der Waals surface area (Å²) >= 11 is 9.29. The van der Waals surface area contributed by atoms with E-state index in [9.17, 15) is 4.79 Å². The molecule has 0 aromatic heterocycles. The van der Waals surface area contributed by atoms with Gasteiger partial charge in [-0.15, -0.1) is 0 Å². The number of aromatic carboxylic acids is 1. The minimum absolute atomic E-state index is 0.0215. The van der Waals surface area contributed by atoms with E-state index in [1.54, 1.807) is 18.2 Å². The number of carboxylic acid groups (broad SMARTS) is 1. The molecule has 0 fully saturated rings. The maximum atomic E-state index is 11.1. The second kappa shape index (κ2) is 5.50. The molecule has 0 saturated carbocycles. The predicted octanol–water partition coefficient (Wildman–Crippen LogP) is 4.18. The van der Waals surface area contributed by atoms with Crippen LogP contribution in [-0.4, -0.2) is 11.1 Å². The lowest BCUT2D eigenvalue weighted by molar-refractivity contribution is 0.0694. The van der Waals surface area contributed by atoms with Crippen LogP contribution in [0.4, 0.5) is 5.69 Å². The third-order valence-corrected chi connectivity index (χ3v) is 3.14. The molecule has 0 bridgehead atoms. The molecule has 0 aliphatic carbocycles. The van der Waals surface area contributed by atoms with Crippen LogP contribution in [0, 0.1) is 0 Å². The van der Waals surface area contributed by atoms with Gasteiger partial charge in [-0.25, -0.2) is 4.79 Å². The molecule has 2 rings (SSSR count). The van der Waals surface area contributed by atoms with Crippen LogP contribution in [0.5, 0.6) is 11.5 Å². The number of rotatable bonds is 3. The topological polar surface area (TPSA) is 72.6 Å². The minimum atomic E-state index is -1.09. The van der Waals surface area contributed by atoms with Crippen LogP contribution in [0.25, 0.3) is 0 Å². The molecule has 0 spiro atoms. The van der Waals surface area contributed by atoms with Gasteiger partial charge in [0.05, 0.1) is 5.02 Å². The normalized spacial score (nSPS) is 10.2. The Morgan fingerprint density at radius 2 is 1.95 bits per heavy atom. The molecular formula is C13H9BrClNO3. The zero-order valence-corrected chi connectivity index (χ0v) is 11.9. The fourth-order valence-corrected chi connectivity index (χ4v) is 2.19. The van der Waals surface area contributed by atoms with Crippen molar-refractivity contribution in [1.82, 2.24) is 0 Å². The van der Waals surface area contributed by atoms with Gasteiger partial charge in [-0.2, -0.15) is 0 Å². The van der Waals surface area contributed by atoms with Gasteiger partial charge in [0.15, 0.2) is 0 Å². The van der Waals surface area contributed by atoms with E-state index in [1.807, 2.05) is 0 Å². The molecule has 0 aliphatic heterocycles. The average Bonchev–Trinajstić information content (AvgIpc) is 2.32. The van der Waals surface area contributed by atoms with Gasteiger partial charge >= 0.3 is 5.97 Å². The van der Waals surface area contributed by atoms with Crippen molar-refractivity contribution in [2.24, 2.45) is 0 Å². The van der Waals surface area contributed by atoms with Crippen LogP contribution in [-0.2, 0) is 0 Å². The molecule has 3 N–H and O–H groups in total. The second-order valence-corrected chi connectivity index (χ2v) is 5.06. The molecule has 0 amide bonds. The van der Waals surface area contributed by atoms with E-state index >= 15 is 0 Å². The Bertz CT molecular complexity index is 646. The van der Waals surface area contributed by atoms with Gasteiger partial charge in [0.1, 0.15) is 17.1 Å². The first kappa shape index (κ1) is 13.7. The highest BCUT2D eigenvalue weighted by Crippen LogP contribution is 2.34. The Morgan fingerprint density at radius 1 is 1.21 bits per heavy atom. The van der Waals surface area contributed by atoms with Gasteiger partial charge in [-0.1, -0.05) is 27.5 Å². The van der Waals surface area contributed by atoms with Crippen molar-refractivity contribution in [2.45, 2.75) is 0 Å². The quantitative estimate of drug-likeness (QED) is 0.821. The molecule has 0 heterocycles. The molecule has 19 heavy (non-hydrogen) atoms. The molecule has 2 aromatic carbocycles. The number of ether oxygens (including phenoxy) is 1. The fraction of sp³-hybridized carbons (Fsp3) is 0. The van der Waals surface area contributed by atoms with E-state index in [2.05, 4.69) is 15.9 Å². The Balaban J connectivity index is 2.42. The van der Waals surface area contributed by atoms with Gasteiger partial charge in [0.25, 0.3) is 0 Å². The summed E-state index contributed by atoms with van der Waals surface area (Å²) in [7, 11) is 0. The molecule has 0 saturated heterocycles. The molecule has 4 nitrogen and oxygen atoms in total. The van der Waals surface area contributed by atoms with E-state index in [4.69, 9.17) is 27.2 Å². The summed E-state index contributed by atoms with van der Waals surface area (Å²) in [6.07, 6.45) is 0. The van der Waals surface area contributed by atoms with E-state index < -0.39 is 5.97 Å². The van der Waals surface area contributed by atoms with Gasteiger partial charge in [0.2, 0.25) is 0 Å². The van der Waals surface area contributed by atoms with E-state index in [0.717, 1.165) is 4.47 Å². The van der Waals surface area contributed by atoms with Crippen LogP contribution in [0.2, 0.25) is 5.02 Å². The van der Waals surface area contributed by atoms with Crippen molar-refractivity contribution in [1.29, 1.82) is 0 Å². The maximum absolute atomic E-state index is 11.1. The monoisotopic (exact) mass is 341 g/mol. The van der Waals surface area contributed by atoms with Crippen molar-refractivity contribution >= 4 is 39.2 Å². The lowest BCUT2D eigenvalue weighted by atomic mass is 10.2. The molecule has 0 aliphatic rings. The SMILES string of the molecule is Nc1ccc(C(=O)O)c(Oc2ccc(Br)cc2Cl)c1. The molecular weight excluding hydrogens is 334 g/mol. The maximum Gasteiger partial charge on any atom is 0.339 e. The third kappa shape index (κ3) is 3.19. The minimum Gasteiger partial charge on any atom is -0.478 e. The average molecular weight is 343 g/mol. The van der Waals surface area contributed by atoms with Gasteiger partial charge < -0.3 is 15.6 Å². The van der Waals surface area contributed by atoms with Crippen molar-refractivity contribution in [3.63, 3.8) is 0 Å². The Hall–Kier alpha value is -1.72. The summed E-state index contributed by atoms with van der Waals surface area (Å²) in [6, 6.07) is 9.37. The second-order valence-electron chi connectivity index (χ2n) is 3.74. The predicted molar refractivity (Wildman–Crippen MR) is 77.0 cm³/mol. The molecule has 98 valence electrons. The van der Waals surface area contributed by atoms with Crippen LogP contribution in [0.3, 0.4) is 0 Å². The Labute approximate surface area is 122 Å². The lowest BCUT2D eigenvalue weighted by Gasteiger charge is -2.11. The third-order valence-electron chi connectivity index (χ3n) is 2.35. The number of anilines is 1. The number of benzene rings is 2. The van der Waals surface area contributed by atoms with Gasteiger partial charge in [0, 0.05) is 16.2 Å². The lowest BCUT2D eigenvalue weighted by Crippen LogP contribution is -2.01. The first-order valence-corrected chi connectivity index (χ1v) is 6.40. The van der Waals surface area contributed by atoms with Crippen LogP contribution in [0.1, 0.15) is 10.4 Å². The van der Waals surface area contributed by atoms with E-state index in [1.165, 1.54) is 18.2 Å². The smallest absolute Gasteiger partial charge is 0.339 e. The zero-order chi connectivity index (χ0) is 14.0. The fourth-order valence-electron chi connectivity index (χ4n) is 1.48. The highest BCUT2D eigenvalue weighted by atomic mass is 79.9. The number of nitrogens with two attached hydrogens (primary N) is 1. The first-order valence-electron chi connectivity index (χ1n) is 5.23. The zero-order valence-electron chi connectivity index (χ0n) is 9.56. The van der Waals surface area contributed by atoms with Gasteiger partial charge in [-0.3, -0.25) is 0 Å². The highest BCUT2D eigenvalue weighted by molar-refractivity contribution is 9.10. The molecule has 2 aromatic rings. The largest absolute Gasteiger partial charge is 0.478 e. The summed E-state index contributed by atoms with van der Waals surface area (Å²) in [5, 5.41) is 9.46. The molecule has 0 atom stereocenters. The number of carboxylic acids is 1. The standard InChI is InChI=1S/C13H9BrClNO3/c14-7-1-4-11(10(15)5-7)19-12-6-8(16)2-3-9(12)13(17)18/h1-6H,16H2,(H,17,18). The number of hydrogen-bond acceptors (Lipinski definition) is 3. The van der Waals surface area contributed by atoms with Gasteiger partial charge in [-0.05, 0) is 30.3 Å². The summed E-state index contributed by atoms with van der Waals surface area (Å²) in [4.78, 5) is 11.1. The molecule has 6 heteroatoms. The van der Waals surface area contributed by atoms with Crippen LogP contribution >= 0.6 is 27.5 Å². The van der Waals surface area contributed by atoms with Crippen molar-refractivity contribution in [3.05, 3.63) is 51.5 Å². The number of halogens is 2. The summed E-state index contributed by atoms with van der Waals surface area (Å²) in [5.41, 5.74) is 6.06. The van der Waals surface area contributed by atoms with Crippen molar-refractivity contribution in [2.75, 3.05) is 5.73 Å². The van der Waals surface area contributed by atoms with Crippen molar-refractivity contribution in [3.8, 4) is 11.5 Å². The highest BCUT2D eigenvalue weighted by Gasteiger charge is 2.13. The molecule has 0 unspecified atom stereocenters. The number of nitrogen functional groups attached to an aromatic ring is 1. The van der Waals surface area contributed by atoms with Crippen LogP contribution in [0.15, 0.2) is 40.9 Å². The van der Waals surface area contributed by atoms with Crippen molar-refractivity contribution < 1.29 is 14.6 Å².